The van der Waals surface area contributed by atoms with E-state index in [1.807, 2.05) is 6.07 Å². The van der Waals surface area contributed by atoms with Crippen LogP contribution < -0.4 is 10.1 Å². The van der Waals surface area contributed by atoms with E-state index in [0.29, 0.717) is 11.8 Å². The van der Waals surface area contributed by atoms with Gasteiger partial charge in [0.25, 0.3) is 0 Å². The van der Waals surface area contributed by atoms with E-state index < -0.39 is 0 Å². The molecule has 1 amide bonds. The molecule has 0 unspecified atom stereocenters. The highest BCUT2D eigenvalue weighted by Gasteiger charge is 2.74. The standard InChI is InChI=1S/C18H23NO2/c1-21-15-6-4-5-13(9-15)17(7-2-3-8-17)12-19-16(20)18-10-14(18)11-18/h4-6,9,14H,2-3,7-8,10-12H2,1H3,(H,19,20). The summed E-state index contributed by atoms with van der Waals surface area (Å²) in [7, 11) is 1.71. The van der Waals surface area contributed by atoms with Crippen molar-refractivity contribution < 1.29 is 9.53 Å². The van der Waals surface area contributed by atoms with Crippen molar-refractivity contribution in [2.45, 2.75) is 43.9 Å². The number of ether oxygens (including phenoxy) is 1. The van der Waals surface area contributed by atoms with E-state index in [9.17, 15) is 4.79 Å². The second kappa shape index (κ2) is 4.49. The summed E-state index contributed by atoms with van der Waals surface area (Å²) in [5, 5.41) is 3.27. The molecule has 3 saturated carbocycles. The Hall–Kier alpha value is -1.51. The molecule has 0 heterocycles. The first kappa shape index (κ1) is 13.2. The number of hydrogen-bond donors (Lipinski definition) is 1. The van der Waals surface area contributed by atoms with Gasteiger partial charge in [-0.15, -0.1) is 0 Å². The van der Waals surface area contributed by atoms with E-state index >= 15 is 0 Å². The van der Waals surface area contributed by atoms with Gasteiger partial charge >= 0.3 is 0 Å². The number of fused-ring (bicyclic) bond motifs is 1. The quantitative estimate of drug-likeness (QED) is 0.903. The van der Waals surface area contributed by atoms with Crippen molar-refractivity contribution in [2.75, 3.05) is 13.7 Å². The van der Waals surface area contributed by atoms with Crippen LogP contribution in [-0.2, 0) is 10.2 Å². The molecular formula is C18H23NO2. The van der Waals surface area contributed by atoms with Gasteiger partial charge in [-0.2, -0.15) is 0 Å². The third-order valence-corrected chi connectivity index (χ3v) is 5.96. The minimum absolute atomic E-state index is 0.0776. The molecule has 1 aromatic carbocycles. The fourth-order valence-corrected chi connectivity index (χ4v) is 4.07. The van der Waals surface area contributed by atoms with Gasteiger partial charge in [-0.1, -0.05) is 25.0 Å². The number of carbonyl (C=O) groups excluding carboxylic acids is 1. The zero-order valence-corrected chi connectivity index (χ0v) is 12.7. The zero-order valence-electron chi connectivity index (χ0n) is 12.7. The number of rotatable bonds is 5. The SMILES string of the molecule is COc1cccc(C2(CNC(=O)C34CC3C4)CCCC2)c1. The van der Waals surface area contributed by atoms with Gasteiger partial charge in [-0.05, 0) is 49.3 Å². The summed E-state index contributed by atoms with van der Waals surface area (Å²) in [5.74, 6) is 1.93. The van der Waals surface area contributed by atoms with Gasteiger partial charge in [0.2, 0.25) is 5.91 Å². The van der Waals surface area contributed by atoms with E-state index in [2.05, 4.69) is 23.5 Å². The van der Waals surface area contributed by atoms with Crippen LogP contribution in [0.5, 0.6) is 5.75 Å². The van der Waals surface area contributed by atoms with Crippen LogP contribution in [0.4, 0.5) is 0 Å². The lowest BCUT2D eigenvalue weighted by Gasteiger charge is -2.30. The van der Waals surface area contributed by atoms with Gasteiger partial charge in [-0.3, -0.25) is 4.79 Å². The number of carbonyl (C=O) groups is 1. The maximum Gasteiger partial charge on any atom is 0.226 e. The molecule has 0 radical (unpaired) electrons. The molecule has 21 heavy (non-hydrogen) atoms. The number of benzene rings is 1. The van der Waals surface area contributed by atoms with E-state index in [1.54, 1.807) is 7.11 Å². The van der Waals surface area contributed by atoms with E-state index in [4.69, 9.17) is 4.74 Å². The van der Waals surface area contributed by atoms with Gasteiger partial charge in [-0.25, -0.2) is 0 Å². The summed E-state index contributed by atoms with van der Waals surface area (Å²) in [4.78, 5) is 12.3. The van der Waals surface area contributed by atoms with Gasteiger partial charge in [0.05, 0.1) is 12.5 Å². The highest BCUT2D eigenvalue weighted by molar-refractivity contribution is 5.90. The Morgan fingerprint density at radius 3 is 2.67 bits per heavy atom. The predicted octanol–water partition coefficient (Wildman–Crippen LogP) is 3.03. The monoisotopic (exact) mass is 285 g/mol. The summed E-state index contributed by atoms with van der Waals surface area (Å²) in [6, 6.07) is 8.39. The summed E-state index contributed by atoms with van der Waals surface area (Å²) in [6.07, 6.45) is 7.09. The van der Waals surface area contributed by atoms with Gasteiger partial charge in [0.1, 0.15) is 5.75 Å². The molecule has 0 spiro atoms. The molecule has 3 nitrogen and oxygen atoms in total. The van der Waals surface area contributed by atoms with Crippen LogP contribution in [0.3, 0.4) is 0 Å². The Morgan fingerprint density at radius 1 is 1.33 bits per heavy atom. The Bertz CT molecular complexity index is 568. The molecule has 1 N–H and O–H groups in total. The molecule has 3 aliphatic rings. The van der Waals surface area contributed by atoms with Crippen LogP contribution in [-0.4, -0.2) is 19.6 Å². The largest absolute Gasteiger partial charge is 0.497 e. The first-order valence-corrected chi connectivity index (χ1v) is 8.11. The van der Waals surface area contributed by atoms with Gasteiger partial charge in [0, 0.05) is 12.0 Å². The number of hydrogen-bond acceptors (Lipinski definition) is 2. The van der Waals surface area contributed by atoms with E-state index in [-0.39, 0.29) is 10.8 Å². The second-order valence-corrected chi connectivity index (χ2v) is 7.16. The van der Waals surface area contributed by atoms with Crippen LogP contribution in [0.2, 0.25) is 0 Å². The molecule has 0 aliphatic heterocycles. The number of amides is 1. The van der Waals surface area contributed by atoms with Crippen molar-refractivity contribution in [3.05, 3.63) is 29.8 Å². The van der Waals surface area contributed by atoms with Crippen molar-refractivity contribution in [1.29, 1.82) is 0 Å². The first-order chi connectivity index (χ1) is 10.2. The maximum absolute atomic E-state index is 12.3. The van der Waals surface area contributed by atoms with Crippen molar-refractivity contribution in [3.8, 4) is 5.75 Å². The highest BCUT2D eigenvalue weighted by Crippen LogP contribution is 2.75. The molecule has 112 valence electrons. The number of nitrogens with one attached hydrogen (secondary N) is 1. The second-order valence-electron chi connectivity index (χ2n) is 7.16. The molecule has 3 heteroatoms. The first-order valence-electron chi connectivity index (χ1n) is 8.11. The lowest BCUT2D eigenvalue weighted by atomic mass is 9.78. The smallest absolute Gasteiger partial charge is 0.226 e. The van der Waals surface area contributed by atoms with Crippen molar-refractivity contribution in [3.63, 3.8) is 0 Å². The zero-order chi connectivity index (χ0) is 14.5. The summed E-state index contributed by atoms with van der Waals surface area (Å²) in [6.45, 7) is 0.785. The van der Waals surface area contributed by atoms with Crippen LogP contribution in [0.1, 0.15) is 44.1 Å². The van der Waals surface area contributed by atoms with Crippen LogP contribution in [0.25, 0.3) is 0 Å². The summed E-state index contributed by atoms with van der Waals surface area (Å²) in [5.41, 5.74) is 1.51. The average molecular weight is 285 g/mol. The summed E-state index contributed by atoms with van der Waals surface area (Å²) >= 11 is 0. The topological polar surface area (TPSA) is 38.3 Å². The molecule has 0 saturated heterocycles. The molecule has 0 bridgehead atoms. The van der Waals surface area contributed by atoms with Crippen molar-refractivity contribution in [2.24, 2.45) is 11.3 Å². The average Bonchev–Trinajstić information content (AvgIpc) is 3.33. The highest BCUT2D eigenvalue weighted by atomic mass is 16.5. The van der Waals surface area contributed by atoms with E-state index in [1.165, 1.54) is 18.4 Å². The fraction of sp³-hybridized carbons (Fsp3) is 0.611. The lowest BCUT2D eigenvalue weighted by Crippen LogP contribution is -2.40. The van der Waals surface area contributed by atoms with Gasteiger partial charge < -0.3 is 10.1 Å². The lowest BCUT2D eigenvalue weighted by molar-refractivity contribution is -0.124. The third-order valence-electron chi connectivity index (χ3n) is 5.96. The minimum atomic E-state index is 0.0776. The number of methoxy groups -OCH3 is 1. The Balaban J connectivity index is 1.52. The maximum atomic E-state index is 12.3. The molecule has 3 fully saturated rings. The normalized spacial score (nSPS) is 31.4. The molecule has 0 aromatic heterocycles. The third kappa shape index (κ3) is 2.05. The molecular weight excluding hydrogens is 262 g/mol. The fourth-order valence-electron chi connectivity index (χ4n) is 4.07. The minimum Gasteiger partial charge on any atom is -0.497 e. The predicted molar refractivity (Wildman–Crippen MR) is 81.3 cm³/mol. The van der Waals surface area contributed by atoms with Crippen LogP contribution >= 0.6 is 0 Å². The van der Waals surface area contributed by atoms with Crippen LogP contribution in [0, 0.1) is 11.3 Å². The van der Waals surface area contributed by atoms with E-state index in [0.717, 1.165) is 38.0 Å². The van der Waals surface area contributed by atoms with Crippen LogP contribution in [0.15, 0.2) is 24.3 Å². The summed E-state index contributed by atoms with van der Waals surface area (Å²) < 4.78 is 5.37. The Kier molecular flexibility index (Phi) is 2.82. The van der Waals surface area contributed by atoms with Crippen molar-refractivity contribution >= 4 is 5.91 Å². The molecule has 3 aliphatic carbocycles. The Morgan fingerprint density at radius 2 is 2.05 bits per heavy atom. The Labute approximate surface area is 126 Å². The van der Waals surface area contributed by atoms with Gasteiger partial charge in [0.15, 0.2) is 0 Å². The molecule has 4 rings (SSSR count). The van der Waals surface area contributed by atoms with Crippen molar-refractivity contribution in [1.82, 2.24) is 5.32 Å². The molecule has 0 atom stereocenters. The molecule has 1 aromatic rings.